The maximum atomic E-state index is 12.2. The molecule has 0 saturated heterocycles. The summed E-state index contributed by atoms with van der Waals surface area (Å²) in [4.78, 5) is 12.2. The number of aryl methyl sites for hydroxylation is 1. The predicted molar refractivity (Wildman–Crippen MR) is 89.8 cm³/mol. The van der Waals surface area contributed by atoms with Crippen molar-refractivity contribution in [3.8, 4) is 0 Å². The predicted octanol–water partition coefficient (Wildman–Crippen LogP) is 3.15. The van der Waals surface area contributed by atoms with E-state index < -0.39 is 0 Å². The van der Waals surface area contributed by atoms with Crippen molar-refractivity contribution in [1.29, 1.82) is 0 Å². The van der Waals surface area contributed by atoms with Gasteiger partial charge in [-0.3, -0.25) is 4.79 Å². The fourth-order valence-electron chi connectivity index (χ4n) is 2.88. The lowest BCUT2D eigenvalue weighted by Gasteiger charge is -2.26. The Balaban J connectivity index is 0.00000220. The van der Waals surface area contributed by atoms with Crippen LogP contribution in [0.25, 0.3) is 0 Å². The summed E-state index contributed by atoms with van der Waals surface area (Å²) in [5.41, 5.74) is 8.48. The summed E-state index contributed by atoms with van der Waals surface area (Å²) in [6, 6.07) is 8.72. The standard InChI is InChI=1S/C17H26N2O.ClH/c1-12-6-8-14(9-7-12)13(2)11-19-17(20)15-4-3-5-16(18)10-15;/h6-9,13,15-16H,3-5,10-11,18H2,1-2H3,(H,19,20);1H. The lowest BCUT2D eigenvalue weighted by Crippen LogP contribution is -2.38. The second kappa shape index (κ2) is 8.40. The second-order valence-electron chi connectivity index (χ2n) is 6.18. The van der Waals surface area contributed by atoms with Crippen molar-refractivity contribution in [3.63, 3.8) is 0 Å². The summed E-state index contributed by atoms with van der Waals surface area (Å²) >= 11 is 0. The summed E-state index contributed by atoms with van der Waals surface area (Å²) in [5, 5.41) is 3.09. The zero-order valence-corrected chi connectivity index (χ0v) is 13.8. The Bertz CT molecular complexity index is 447. The van der Waals surface area contributed by atoms with Crippen molar-refractivity contribution in [2.45, 2.75) is 51.5 Å². The van der Waals surface area contributed by atoms with Gasteiger partial charge in [0, 0.05) is 18.5 Å². The number of carbonyl (C=O) groups excluding carboxylic acids is 1. The van der Waals surface area contributed by atoms with Crippen LogP contribution in [0, 0.1) is 12.8 Å². The molecule has 118 valence electrons. The SMILES string of the molecule is Cc1ccc(C(C)CNC(=O)C2CCCC(N)C2)cc1.Cl. The molecule has 0 aliphatic heterocycles. The smallest absolute Gasteiger partial charge is 0.223 e. The van der Waals surface area contributed by atoms with Crippen molar-refractivity contribution in [1.82, 2.24) is 5.32 Å². The summed E-state index contributed by atoms with van der Waals surface area (Å²) in [7, 11) is 0. The van der Waals surface area contributed by atoms with E-state index in [1.165, 1.54) is 11.1 Å². The number of nitrogens with one attached hydrogen (secondary N) is 1. The van der Waals surface area contributed by atoms with Crippen molar-refractivity contribution in [2.24, 2.45) is 11.7 Å². The van der Waals surface area contributed by atoms with Gasteiger partial charge in [-0.2, -0.15) is 0 Å². The van der Waals surface area contributed by atoms with Crippen LogP contribution in [0.1, 0.15) is 49.7 Å². The van der Waals surface area contributed by atoms with Crippen LogP contribution in [0.5, 0.6) is 0 Å². The fourth-order valence-corrected chi connectivity index (χ4v) is 2.88. The van der Waals surface area contributed by atoms with E-state index in [2.05, 4.69) is 43.4 Å². The number of hydrogen-bond acceptors (Lipinski definition) is 2. The maximum absolute atomic E-state index is 12.2. The highest BCUT2D eigenvalue weighted by Crippen LogP contribution is 2.23. The van der Waals surface area contributed by atoms with E-state index in [9.17, 15) is 4.79 Å². The first-order valence-electron chi connectivity index (χ1n) is 7.66. The molecule has 2 rings (SSSR count). The summed E-state index contributed by atoms with van der Waals surface area (Å²) in [6.07, 6.45) is 3.96. The molecule has 1 fully saturated rings. The van der Waals surface area contributed by atoms with Gasteiger partial charge in [0.1, 0.15) is 0 Å². The van der Waals surface area contributed by atoms with Gasteiger partial charge in [-0.1, -0.05) is 43.2 Å². The molecule has 1 aromatic rings. The van der Waals surface area contributed by atoms with Crippen molar-refractivity contribution < 1.29 is 4.79 Å². The number of benzene rings is 1. The Labute approximate surface area is 134 Å². The molecule has 3 N–H and O–H groups in total. The number of nitrogens with two attached hydrogens (primary N) is 1. The number of halogens is 1. The highest BCUT2D eigenvalue weighted by molar-refractivity contribution is 5.85. The molecule has 3 nitrogen and oxygen atoms in total. The normalized spacial score (nSPS) is 23.0. The molecule has 0 radical (unpaired) electrons. The summed E-state index contributed by atoms with van der Waals surface area (Å²) < 4.78 is 0. The third-order valence-corrected chi connectivity index (χ3v) is 4.31. The van der Waals surface area contributed by atoms with E-state index in [4.69, 9.17) is 5.73 Å². The highest BCUT2D eigenvalue weighted by atomic mass is 35.5. The molecule has 1 aromatic carbocycles. The summed E-state index contributed by atoms with van der Waals surface area (Å²) in [6.45, 7) is 4.94. The van der Waals surface area contributed by atoms with Crippen LogP contribution in [0.2, 0.25) is 0 Å². The Morgan fingerprint density at radius 3 is 2.62 bits per heavy atom. The van der Waals surface area contributed by atoms with E-state index in [0.717, 1.165) is 25.7 Å². The van der Waals surface area contributed by atoms with Crippen molar-refractivity contribution in [3.05, 3.63) is 35.4 Å². The van der Waals surface area contributed by atoms with Gasteiger partial charge in [0.25, 0.3) is 0 Å². The van der Waals surface area contributed by atoms with Crippen molar-refractivity contribution in [2.75, 3.05) is 6.54 Å². The molecule has 0 aromatic heterocycles. The molecule has 1 aliphatic carbocycles. The lowest BCUT2D eigenvalue weighted by molar-refractivity contribution is -0.126. The van der Waals surface area contributed by atoms with Crippen LogP contribution < -0.4 is 11.1 Å². The Hall–Kier alpha value is -1.06. The minimum Gasteiger partial charge on any atom is -0.355 e. The Kier molecular flexibility index (Phi) is 7.20. The van der Waals surface area contributed by atoms with Gasteiger partial charge in [-0.15, -0.1) is 12.4 Å². The average molecular weight is 311 g/mol. The van der Waals surface area contributed by atoms with E-state index in [0.29, 0.717) is 12.5 Å². The molecule has 4 heteroatoms. The van der Waals surface area contributed by atoms with Gasteiger partial charge in [0.05, 0.1) is 0 Å². The number of hydrogen-bond donors (Lipinski definition) is 2. The molecule has 0 bridgehead atoms. The molecule has 3 atom stereocenters. The molecule has 1 amide bonds. The maximum Gasteiger partial charge on any atom is 0.223 e. The molecule has 0 spiro atoms. The van der Waals surface area contributed by atoms with Gasteiger partial charge >= 0.3 is 0 Å². The second-order valence-corrected chi connectivity index (χ2v) is 6.18. The van der Waals surface area contributed by atoms with Gasteiger partial charge in [0.2, 0.25) is 5.91 Å². The molecule has 0 heterocycles. The zero-order valence-electron chi connectivity index (χ0n) is 13.0. The number of carbonyl (C=O) groups is 1. The monoisotopic (exact) mass is 310 g/mol. The number of amides is 1. The van der Waals surface area contributed by atoms with Crippen LogP contribution >= 0.6 is 12.4 Å². The Morgan fingerprint density at radius 2 is 2.00 bits per heavy atom. The zero-order chi connectivity index (χ0) is 14.5. The van der Waals surface area contributed by atoms with E-state index in [1.54, 1.807) is 0 Å². The fraction of sp³-hybridized carbons (Fsp3) is 0.588. The van der Waals surface area contributed by atoms with Crippen LogP contribution in [-0.2, 0) is 4.79 Å². The van der Waals surface area contributed by atoms with Gasteiger partial charge in [-0.05, 0) is 37.7 Å². The number of rotatable bonds is 4. The third kappa shape index (κ3) is 5.33. The molecule has 3 unspecified atom stereocenters. The molecule has 1 aliphatic rings. The first kappa shape index (κ1) is 18.0. The van der Waals surface area contributed by atoms with E-state index in [1.807, 2.05) is 0 Å². The van der Waals surface area contributed by atoms with Gasteiger partial charge in [0.15, 0.2) is 0 Å². The topological polar surface area (TPSA) is 55.1 Å². The average Bonchev–Trinajstić information content (AvgIpc) is 2.45. The quantitative estimate of drug-likeness (QED) is 0.897. The van der Waals surface area contributed by atoms with Gasteiger partial charge in [-0.25, -0.2) is 0 Å². The first-order chi connectivity index (χ1) is 9.56. The largest absolute Gasteiger partial charge is 0.355 e. The first-order valence-corrected chi connectivity index (χ1v) is 7.66. The molecule has 1 saturated carbocycles. The summed E-state index contributed by atoms with van der Waals surface area (Å²) in [5.74, 6) is 0.639. The van der Waals surface area contributed by atoms with Crippen LogP contribution in [0.15, 0.2) is 24.3 Å². The molecular weight excluding hydrogens is 284 g/mol. The Morgan fingerprint density at radius 1 is 1.33 bits per heavy atom. The minimum absolute atomic E-state index is 0. The third-order valence-electron chi connectivity index (χ3n) is 4.31. The van der Waals surface area contributed by atoms with Gasteiger partial charge < -0.3 is 11.1 Å². The minimum atomic E-state index is 0. The lowest BCUT2D eigenvalue weighted by atomic mass is 9.85. The van der Waals surface area contributed by atoms with Crippen molar-refractivity contribution >= 4 is 18.3 Å². The van der Waals surface area contributed by atoms with Crippen LogP contribution in [0.4, 0.5) is 0 Å². The van der Waals surface area contributed by atoms with Crippen LogP contribution in [-0.4, -0.2) is 18.5 Å². The van der Waals surface area contributed by atoms with E-state index >= 15 is 0 Å². The molecule has 21 heavy (non-hydrogen) atoms. The highest BCUT2D eigenvalue weighted by Gasteiger charge is 2.25. The van der Waals surface area contributed by atoms with Crippen LogP contribution in [0.3, 0.4) is 0 Å². The molecular formula is C17H27ClN2O. The van der Waals surface area contributed by atoms with E-state index in [-0.39, 0.29) is 30.3 Å².